The van der Waals surface area contributed by atoms with Crippen LogP contribution >= 0.6 is 0 Å². The van der Waals surface area contributed by atoms with Crippen molar-refractivity contribution in [1.82, 2.24) is 5.32 Å². The normalized spacial score (nSPS) is 17.1. The summed E-state index contributed by atoms with van der Waals surface area (Å²) in [6.07, 6.45) is -1.23. The van der Waals surface area contributed by atoms with E-state index >= 15 is 0 Å². The molecule has 0 saturated heterocycles. The van der Waals surface area contributed by atoms with Crippen LogP contribution in [0.2, 0.25) is 0 Å². The molecule has 0 spiro atoms. The van der Waals surface area contributed by atoms with Crippen molar-refractivity contribution in [3.05, 3.63) is 94.8 Å². The summed E-state index contributed by atoms with van der Waals surface area (Å²) in [5.41, 5.74) is 3.06. The van der Waals surface area contributed by atoms with Gasteiger partial charge in [-0.2, -0.15) is 0 Å². The molecule has 3 aromatic carbocycles. The second kappa shape index (κ2) is 8.24. The lowest BCUT2D eigenvalue weighted by atomic mass is 10.0. The van der Waals surface area contributed by atoms with Gasteiger partial charge < -0.3 is 20.1 Å². The average molecular weight is 431 g/mol. The number of amides is 2. The van der Waals surface area contributed by atoms with Gasteiger partial charge in [0.05, 0.1) is 23.6 Å². The molecule has 8 heteroatoms. The number of carbonyl (C=O) groups is 2. The summed E-state index contributed by atoms with van der Waals surface area (Å²) in [6.45, 7) is 0.0807. The highest BCUT2D eigenvalue weighted by atomic mass is 19.1. The molecule has 7 nitrogen and oxygen atoms in total. The number of benzene rings is 3. The van der Waals surface area contributed by atoms with E-state index in [1.807, 2.05) is 42.5 Å². The molecule has 160 valence electrons. The number of benzodiazepines with no additional fused rings is 1. The maximum absolute atomic E-state index is 14.1. The Labute approximate surface area is 182 Å². The largest absolute Gasteiger partial charge is 0.466 e. The molecular formula is C24H18FN3O4. The van der Waals surface area contributed by atoms with Crippen LogP contribution in [0.15, 0.2) is 71.7 Å². The summed E-state index contributed by atoms with van der Waals surface area (Å²) in [4.78, 5) is 30.6. The van der Waals surface area contributed by atoms with Crippen molar-refractivity contribution >= 4 is 23.2 Å². The average Bonchev–Trinajstić information content (AvgIpc) is 2.95. The molecule has 2 heterocycles. The smallest absolute Gasteiger partial charge is 0.269 e. The minimum absolute atomic E-state index is 0.0191. The fraction of sp³-hybridized carbons (Fsp3) is 0.125. The van der Waals surface area contributed by atoms with Crippen LogP contribution in [0, 0.1) is 5.82 Å². The molecule has 2 N–H and O–H groups in total. The Balaban J connectivity index is 1.53. The molecule has 0 bridgehead atoms. The number of hydrogen-bond acceptors (Lipinski definition) is 5. The van der Waals surface area contributed by atoms with Crippen LogP contribution in [0.3, 0.4) is 0 Å². The molecule has 5 rings (SSSR count). The molecule has 0 aliphatic carbocycles. The Kier molecular flexibility index (Phi) is 5.12. The van der Waals surface area contributed by atoms with Crippen molar-refractivity contribution in [2.45, 2.75) is 12.8 Å². The first-order valence-electron chi connectivity index (χ1n) is 9.97. The number of aliphatic imine (C=N–C) groups is 1. The van der Waals surface area contributed by atoms with Gasteiger partial charge in [0, 0.05) is 16.7 Å². The van der Waals surface area contributed by atoms with Crippen molar-refractivity contribution in [2.24, 2.45) is 4.99 Å². The number of carbonyl (C=O) groups excluding carboxylic acids is 2. The minimum Gasteiger partial charge on any atom is -0.466 e. The van der Waals surface area contributed by atoms with Gasteiger partial charge in [0.2, 0.25) is 6.17 Å². The van der Waals surface area contributed by atoms with Crippen molar-refractivity contribution in [3.63, 3.8) is 0 Å². The van der Waals surface area contributed by atoms with Gasteiger partial charge in [-0.1, -0.05) is 48.5 Å². The van der Waals surface area contributed by atoms with Gasteiger partial charge in [0.15, 0.2) is 6.79 Å². The Hall–Kier alpha value is -4.04. The number of nitrogens with zero attached hydrogens (tertiary/aromatic N) is 1. The predicted octanol–water partition coefficient (Wildman–Crippen LogP) is 3.24. The van der Waals surface area contributed by atoms with Crippen LogP contribution in [0.4, 0.5) is 10.1 Å². The Morgan fingerprint density at radius 1 is 1.09 bits per heavy atom. The third-order valence-corrected chi connectivity index (χ3v) is 5.18. The van der Waals surface area contributed by atoms with Crippen molar-refractivity contribution in [2.75, 3.05) is 12.1 Å². The fourth-order valence-corrected chi connectivity index (χ4v) is 3.73. The summed E-state index contributed by atoms with van der Waals surface area (Å²) < 4.78 is 24.7. The number of rotatable bonds is 3. The van der Waals surface area contributed by atoms with Crippen LogP contribution in [0.25, 0.3) is 0 Å². The first-order valence-corrected chi connectivity index (χ1v) is 9.97. The molecule has 2 aliphatic rings. The number of nitrogens with one attached hydrogen (secondary N) is 2. The van der Waals surface area contributed by atoms with E-state index in [0.717, 1.165) is 17.2 Å². The first-order chi connectivity index (χ1) is 15.6. The number of fused-ring (bicyclic) bond motifs is 2. The van der Waals surface area contributed by atoms with Gasteiger partial charge in [-0.15, -0.1) is 0 Å². The maximum Gasteiger partial charge on any atom is 0.269 e. The van der Waals surface area contributed by atoms with E-state index in [-0.39, 0.29) is 24.7 Å². The van der Waals surface area contributed by atoms with Gasteiger partial charge in [0.1, 0.15) is 11.6 Å². The molecule has 3 aromatic rings. The molecule has 0 saturated carbocycles. The van der Waals surface area contributed by atoms with E-state index in [9.17, 15) is 14.0 Å². The molecule has 1 atom stereocenters. The highest BCUT2D eigenvalue weighted by Gasteiger charge is 2.29. The fourth-order valence-electron chi connectivity index (χ4n) is 3.73. The van der Waals surface area contributed by atoms with Crippen LogP contribution < -0.4 is 15.4 Å². The SMILES string of the molecule is O=C(N[C@H]1N=C(c2ccccc2)c2ccccc2NC1=O)c1cc(F)cc2c1OCOC2. The highest BCUT2D eigenvalue weighted by Crippen LogP contribution is 2.30. The lowest BCUT2D eigenvalue weighted by Crippen LogP contribution is -2.42. The molecular weight excluding hydrogens is 413 g/mol. The van der Waals surface area contributed by atoms with E-state index in [1.54, 1.807) is 12.1 Å². The minimum atomic E-state index is -1.23. The van der Waals surface area contributed by atoms with Crippen molar-refractivity contribution in [1.29, 1.82) is 0 Å². The molecule has 0 aromatic heterocycles. The van der Waals surface area contributed by atoms with E-state index in [2.05, 4.69) is 15.6 Å². The van der Waals surface area contributed by atoms with Gasteiger partial charge in [-0.3, -0.25) is 9.59 Å². The van der Waals surface area contributed by atoms with Gasteiger partial charge in [-0.25, -0.2) is 9.38 Å². The summed E-state index contributed by atoms with van der Waals surface area (Å²) in [5, 5.41) is 5.42. The Morgan fingerprint density at radius 2 is 1.88 bits per heavy atom. The predicted molar refractivity (Wildman–Crippen MR) is 115 cm³/mol. The zero-order chi connectivity index (χ0) is 22.1. The van der Waals surface area contributed by atoms with E-state index < -0.39 is 23.8 Å². The van der Waals surface area contributed by atoms with Crippen LogP contribution in [0.5, 0.6) is 5.75 Å². The van der Waals surface area contributed by atoms with Crippen LogP contribution in [0.1, 0.15) is 27.0 Å². The zero-order valence-corrected chi connectivity index (χ0v) is 16.8. The number of anilines is 1. The summed E-state index contributed by atoms with van der Waals surface area (Å²) in [7, 11) is 0. The standard InChI is InChI=1S/C24H18FN3O4/c25-16-10-15-12-31-13-32-21(15)18(11-16)23(29)28-22-24(30)26-19-9-5-4-8-17(19)20(27-22)14-6-2-1-3-7-14/h1-11,22H,12-13H2,(H,26,30)(H,28,29)/t22-/m1/s1. The molecule has 0 fully saturated rings. The van der Waals surface area contributed by atoms with E-state index in [1.165, 1.54) is 6.07 Å². The molecule has 0 unspecified atom stereocenters. The third-order valence-electron chi connectivity index (χ3n) is 5.18. The van der Waals surface area contributed by atoms with Gasteiger partial charge in [-0.05, 0) is 18.2 Å². The molecule has 2 aliphatic heterocycles. The van der Waals surface area contributed by atoms with E-state index in [0.29, 0.717) is 17.0 Å². The second-order valence-electron chi connectivity index (χ2n) is 7.31. The van der Waals surface area contributed by atoms with Crippen molar-refractivity contribution in [3.8, 4) is 5.75 Å². The lowest BCUT2D eigenvalue weighted by molar-refractivity contribution is -0.117. The number of halogens is 1. The Morgan fingerprint density at radius 3 is 2.72 bits per heavy atom. The molecule has 0 radical (unpaired) electrons. The maximum atomic E-state index is 14.1. The lowest BCUT2D eigenvalue weighted by Gasteiger charge is -2.21. The Bertz CT molecular complexity index is 1240. The number of para-hydroxylation sites is 1. The number of hydrogen-bond donors (Lipinski definition) is 2. The topological polar surface area (TPSA) is 89.0 Å². The quantitative estimate of drug-likeness (QED) is 0.666. The molecule has 32 heavy (non-hydrogen) atoms. The third kappa shape index (κ3) is 3.72. The monoisotopic (exact) mass is 431 g/mol. The number of ether oxygens (including phenoxy) is 2. The summed E-state index contributed by atoms with van der Waals surface area (Å²) in [5.74, 6) is -1.55. The van der Waals surface area contributed by atoms with Crippen LogP contribution in [-0.2, 0) is 16.1 Å². The second-order valence-corrected chi connectivity index (χ2v) is 7.31. The van der Waals surface area contributed by atoms with Gasteiger partial charge >= 0.3 is 0 Å². The molecule has 2 amide bonds. The van der Waals surface area contributed by atoms with Crippen molar-refractivity contribution < 1.29 is 23.5 Å². The van der Waals surface area contributed by atoms with Gasteiger partial charge in [0.25, 0.3) is 11.8 Å². The van der Waals surface area contributed by atoms with E-state index in [4.69, 9.17) is 9.47 Å². The summed E-state index contributed by atoms with van der Waals surface area (Å²) >= 11 is 0. The first kappa shape index (κ1) is 19.9. The van der Waals surface area contributed by atoms with Crippen LogP contribution in [-0.4, -0.2) is 30.5 Å². The summed E-state index contributed by atoms with van der Waals surface area (Å²) in [6, 6.07) is 19.0. The zero-order valence-electron chi connectivity index (χ0n) is 16.8. The highest BCUT2D eigenvalue weighted by molar-refractivity contribution is 6.20.